The van der Waals surface area contributed by atoms with Gasteiger partial charge < -0.3 is 15.5 Å². The van der Waals surface area contributed by atoms with Crippen LogP contribution in [0.2, 0.25) is 0 Å². The van der Waals surface area contributed by atoms with Crippen LogP contribution in [0.4, 0.5) is 10.1 Å². The van der Waals surface area contributed by atoms with E-state index >= 15 is 0 Å². The molecule has 1 fully saturated rings. The quantitative estimate of drug-likeness (QED) is 0.631. The Morgan fingerprint density at radius 3 is 2.38 bits per heavy atom. The van der Waals surface area contributed by atoms with Gasteiger partial charge in [0.2, 0.25) is 0 Å². The first kappa shape index (κ1) is 18.7. The Morgan fingerprint density at radius 2 is 1.81 bits per heavy atom. The number of guanidine groups is 1. The highest BCUT2D eigenvalue weighted by Crippen LogP contribution is 2.22. The smallest absolute Gasteiger partial charge is 0.191 e. The van der Waals surface area contributed by atoms with Crippen LogP contribution in [0, 0.1) is 5.82 Å². The predicted octanol–water partition coefficient (Wildman–Crippen LogP) is 1.93. The molecule has 0 radical (unpaired) electrons. The molecule has 0 aliphatic carbocycles. The van der Waals surface area contributed by atoms with Gasteiger partial charge in [0.05, 0.1) is 6.54 Å². The normalized spacial score (nSPS) is 16.2. The van der Waals surface area contributed by atoms with Crippen molar-refractivity contribution in [3.63, 3.8) is 0 Å². The van der Waals surface area contributed by atoms with Gasteiger partial charge in [-0.05, 0) is 36.4 Å². The van der Waals surface area contributed by atoms with Gasteiger partial charge >= 0.3 is 0 Å². The third-order valence-electron chi connectivity index (χ3n) is 4.19. The molecule has 26 heavy (non-hydrogen) atoms. The summed E-state index contributed by atoms with van der Waals surface area (Å²) in [7, 11) is -3.18. The summed E-state index contributed by atoms with van der Waals surface area (Å²) in [6.45, 7) is 3.37. The molecule has 1 aliphatic heterocycles. The van der Waals surface area contributed by atoms with E-state index in [0.717, 1.165) is 36.7 Å². The lowest BCUT2D eigenvalue weighted by molar-refractivity contribution is 0.380. The lowest BCUT2D eigenvalue weighted by Crippen LogP contribution is -2.51. The Bertz CT molecular complexity index is 886. The predicted molar refractivity (Wildman–Crippen MR) is 103 cm³/mol. The molecule has 6 nitrogen and oxygen atoms in total. The van der Waals surface area contributed by atoms with Crippen molar-refractivity contribution in [3.05, 3.63) is 47.1 Å². The first-order chi connectivity index (χ1) is 12.3. The van der Waals surface area contributed by atoms with Gasteiger partial charge in [-0.15, -0.1) is 11.3 Å². The van der Waals surface area contributed by atoms with Crippen LogP contribution in [0.15, 0.2) is 45.6 Å². The molecule has 0 atom stereocenters. The number of piperazine rings is 1. The Balaban J connectivity index is 1.56. The lowest BCUT2D eigenvalue weighted by Gasteiger charge is -2.36. The third-order valence-corrected chi connectivity index (χ3v) is 7.08. The molecule has 1 aromatic heterocycles. The van der Waals surface area contributed by atoms with E-state index in [9.17, 15) is 12.8 Å². The van der Waals surface area contributed by atoms with E-state index in [4.69, 9.17) is 5.73 Å². The van der Waals surface area contributed by atoms with Gasteiger partial charge in [-0.1, -0.05) is 0 Å². The van der Waals surface area contributed by atoms with E-state index < -0.39 is 9.84 Å². The fourth-order valence-electron chi connectivity index (χ4n) is 2.75. The summed E-state index contributed by atoms with van der Waals surface area (Å²) in [5.41, 5.74) is 7.08. The number of rotatable bonds is 4. The van der Waals surface area contributed by atoms with Gasteiger partial charge in [-0.25, -0.2) is 17.8 Å². The highest BCUT2D eigenvalue weighted by atomic mass is 32.2. The number of halogens is 1. The van der Waals surface area contributed by atoms with E-state index in [1.165, 1.54) is 29.7 Å². The lowest BCUT2D eigenvalue weighted by atomic mass is 10.2. The average Bonchev–Trinajstić information content (AvgIpc) is 3.10. The minimum atomic E-state index is -3.18. The molecule has 2 N–H and O–H groups in total. The molecule has 2 heterocycles. The first-order valence-corrected chi connectivity index (χ1v) is 10.9. The van der Waals surface area contributed by atoms with Gasteiger partial charge in [-0.2, -0.15) is 0 Å². The largest absolute Gasteiger partial charge is 0.370 e. The molecular weight excluding hydrogens is 375 g/mol. The maximum absolute atomic E-state index is 13.0. The summed E-state index contributed by atoms with van der Waals surface area (Å²) in [5, 5.41) is 0. The summed E-state index contributed by atoms with van der Waals surface area (Å²) >= 11 is 1.22. The van der Waals surface area contributed by atoms with Crippen LogP contribution in [-0.2, 0) is 16.4 Å². The Kier molecular flexibility index (Phi) is 5.47. The fourth-order valence-corrected chi connectivity index (χ4v) is 4.65. The average molecular weight is 397 g/mol. The topological polar surface area (TPSA) is 79.0 Å². The van der Waals surface area contributed by atoms with Crippen LogP contribution in [0.25, 0.3) is 0 Å². The van der Waals surface area contributed by atoms with Gasteiger partial charge in [0.25, 0.3) is 0 Å². The summed E-state index contributed by atoms with van der Waals surface area (Å²) < 4.78 is 36.4. The van der Waals surface area contributed by atoms with Gasteiger partial charge in [0.1, 0.15) is 10.0 Å². The van der Waals surface area contributed by atoms with Crippen LogP contribution in [0.5, 0.6) is 0 Å². The van der Waals surface area contributed by atoms with Crippen molar-refractivity contribution in [3.8, 4) is 0 Å². The summed E-state index contributed by atoms with van der Waals surface area (Å²) in [4.78, 5) is 9.44. The van der Waals surface area contributed by atoms with Gasteiger partial charge in [0, 0.05) is 43.0 Å². The van der Waals surface area contributed by atoms with E-state index in [1.54, 1.807) is 24.3 Å². The van der Waals surface area contributed by atoms with Crippen molar-refractivity contribution in [1.82, 2.24) is 4.90 Å². The minimum absolute atomic E-state index is 0.239. The van der Waals surface area contributed by atoms with E-state index in [2.05, 4.69) is 9.89 Å². The molecule has 0 saturated carbocycles. The summed E-state index contributed by atoms with van der Waals surface area (Å²) in [6.07, 6.45) is 1.20. The van der Waals surface area contributed by atoms with E-state index in [0.29, 0.717) is 16.7 Å². The molecule has 1 aromatic carbocycles. The summed E-state index contributed by atoms with van der Waals surface area (Å²) in [5.74, 6) is 0.217. The van der Waals surface area contributed by atoms with Crippen LogP contribution >= 0.6 is 11.3 Å². The maximum Gasteiger partial charge on any atom is 0.191 e. The Labute approximate surface area is 156 Å². The van der Waals surface area contributed by atoms with E-state index in [1.807, 2.05) is 4.90 Å². The molecule has 1 aliphatic rings. The number of sulfone groups is 1. The highest BCUT2D eigenvalue weighted by Gasteiger charge is 2.18. The molecule has 1 saturated heterocycles. The molecule has 0 bridgehead atoms. The monoisotopic (exact) mass is 396 g/mol. The van der Waals surface area contributed by atoms with Crippen LogP contribution in [-0.4, -0.2) is 51.7 Å². The second kappa shape index (κ2) is 7.63. The maximum atomic E-state index is 13.0. The van der Waals surface area contributed by atoms with Crippen LogP contribution in [0.1, 0.15) is 4.88 Å². The fraction of sp³-hybridized carbons (Fsp3) is 0.353. The number of benzene rings is 1. The number of aliphatic imine (C=N–C) groups is 1. The molecule has 0 amide bonds. The van der Waals surface area contributed by atoms with Crippen LogP contribution < -0.4 is 10.6 Å². The first-order valence-electron chi connectivity index (χ1n) is 8.17. The van der Waals surface area contributed by atoms with Crippen molar-refractivity contribution in [2.24, 2.45) is 10.7 Å². The standard InChI is InChI=1S/C17H21FN4O2S2/c1-26(23,24)16-7-6-15(25-16)12-20-17(19)22-10-8-21(9-11-22)14-4-2-13(18)3-5-14/h2-7H,8-12H2,1H3,(H2,19,20). The highest BCUT2D eigenvalue weighted by molar-refractivity contribution is 7.92. The van der Waals surface area contributed by atoms with Crippen LogP contribution in [0.3, 0.4) is 0 Å². The molecule has 140 valence electrons. The van der Waals surface area contributed by atoms with Crippen molar-refractivity contribution < 1.29 is 12.8 Å². The Hall–Kier alpha value is -2.13. The van der Waals surface area contributed by atoms with Crippen molar-refractivity contribution >= 4 is 32.8 Å². The Morgan fingerprint density at radius 1 is 1.15 bits per heavy atom. The number of hydrogen-bond acceptors (Lipinski definition) is 5. The van der Waals surface area contributed by atoms with Gasteiger partial charge in [0.15, 0.2) is 15.8 Å². The van der Waals surface area contributed by atoms with E-state index in [-0.39, 0.29) is 5.82 Å². The van der Waals surface area contributed by atoms with Crippen molar-refractivity contribution in [2.45, 2.75) is 10.8 Å². The minimum Gasteiger partial charge on any atom is -0.370 e. The zero-order valence-electron chi connectivity index (χ0n) is 14.4. The molecule has 0 spiro atoms. The van der Waals surface area contributed by atoms with Crippen molar-refractivity contribution in [2.75, 3.05) is 37.3 Å². The summed E-state index contributed by atoms with van der Waals surface area (Å²) in [6, 6.07) is 9.84. The molecule has 2 aromatic rings. The number of nitrogens with zero attached hydrogens (tertiary/aromatic N) is 3. The number of anilines is 1. The zero-order valence-corrected chi connectivity index (χ0v) is 16.1. The third kappa shape index (κ3) is 4.53. The molecular formula is C17H21FN4O2S2. The number of hydrogen-bond donors (Lipinski definition) is 1. The molecule has 3 rings (SSSR count). The second-order valence-electron chi connectivity index (χ2n) is 6.12. The second-order valence-corrected chi connectivity index (χ2v) is 9.53. The number of nitrogens with two attached hydrogens (primary N) is 1. The zero-order chi connectivity index (χ0) is 18.7. The van der Waals surface area contributed by atoms with Gasteiger partial charge in [-0.3, -0.25) is 0 Å². The molecule has 0 unspecified atom stereocenters. The number of thiophene rings is 1. The molecule has 9 heteroatoms. The SMILES string of the molecule is CS(=O)(=O)c1ccc(CN=C(N)N2CCN(c3ccc(F)cc3)CC2)s1. The van der Waals surface area contributed by atoms with Crippen molar-refractivity contribution in [1.29, 1.82) is 0 Å².